The van der Waals surface area contributed by atoms with Gasteiger partial charge in [-0.05, 0) is 30.7 Å². The van der Waals surface area contributed by atoms with E-state index in [1.54, 1.807) is 11.3 Å². The Bertz CT molecular complexity index is 827. The maximum atomic E-state index is 5.47. The number of aromatic nitrogens is 3. The maximum Gasteiger partial charge on any atom is 0.235 e. The third-order valence-corrected chi connectivity index (χ3v) is 5.70. The highest BCUT2D eigenvalue weighted by Crippen LogP contribution is 2.37. The van der Waals surface area contributed by atoms with Crippen molar-refractivity contribution in [2.75, 3.05) is 11.9 Å². The highest BCUT2D eigenvalue weighted by atomic mass is 32.1. The SMILES string of the molecule is Cc1nnc(CN(C)c2nc3c(s2)CC(c2ccccc2)CC3)o1. The van der Waals surface area contributed by atoms with E-state index in [1.165, 1.54) is 22.6 Å². The van der Waals surface area contributed by atoms with Crippen molar-refractivity contribution in [3.63, 3.8) is 0 Å². The van der Waals surface area contributed by atoms with Gasteiger partial charge in [-0.1, -0.05) is 30.3 Å². The summed E-state index contributed by atoms with van der Waals surface area (Å²) in [6.45, 7) is 2.40. The van der Waals surface area contributed by atoms with Crippen LogP contribution in [0.2, 0.25) is 0 Å². The minimum absolute atomic E-state index is 0.593. The summed E-state index contributed by atoms with van der Waals surface area (Å²) >= 11 is 1.79. The zero-order valence-corrected chi connectivity index (χ0v) is 14.7. The van der Waals surface area contributed by atoms with Crippen molar-refractivity contribution in [1.29, 1.82) is 0 Å². The average Bonchev–Trinajstić information content (AvgIpc) is 3.21. The van der Waals surface area contributed by atoms with Gasteiger partial charge in [-0.15, -0.1) is 21.5 Å². The molecule has 0 spiro atoms. The third kappa shape index (κ3) is 3.06. The molecule has 124 valence electrons. The molecule has 4 rings (SSSR count). The number of nitrogens with zero attached hydrogens (tertiary/aromatic N) is 4. The lowest BCUT2D eigenvalue weighted by molar-refractivity contribution is 0.466. The Balaban J connectivity index is 1.50. The summed E-state index contributed by atoms with van der Waals surface area (Å²) in [5.41, 5.74) is 2.70. The molecule has 1 unspecified atom stereocenters. The van der Waals surface area contributed by atoms with Crippen molar-refractivity contribution in [3.8, 4) is 0 Å². The van der Waals surface area contributed by atoms with Crippen molar-refractivity contribution in [3.05, 3.63) is 58.2 Å². The molecule has 0 saturated carbocycles. The third-order valence-electron chi connectivity index (χ3n) is 4.47. The van der Waals surface area contributed by atoms with Crippen molar-refractivity contribution in [2.24, 2.45) is 0 Å². The molecule has 5 nitrogen and oxygen atoms in total. The Morgan fingerprint density at radius 1 is 1.25 bits per heavy atom. The van der Waals surface area contributed by atoms with Crippen LogP contribution in [0.3, 0.4) is 0 Å². The largest absolute Gasteiger partial charge is 0.424 e. The molecule has 1 aliphatic carbocycles. The lowest BCUT2D eigenvalue weighted by Gasteiger charge is -2.21. The fourth-order valence-electron chi connectivity index (χ4n) is 3.21. The maximum absolute atomic E-state index is 5.47. The highest BCUT2D eigenvalue weighted by Gasteiger charge is 2.24. The molecular weight excluding hydrogens is 320 g/mol. The van der Waals surface area contributed by atoms with Gasteiger partial charge in [0.25, 0.3) is 0 Å². The summed E-state index contributed by atoms with van der Waals surface area (Å²) < 4.78 is 5.47. The number of aryl methyl sites for hydroxylation is 2. The van der Waals surface area contributed by atoms with Crippen LogP contribution in [-0.2, 0) is 19.4 Å². The van der Waals surface area contributed by atoms with E-state index >= 15 is 0 Å². The second-order valence-electron chi connectivity index (χ2n) is 6.29. The number of fused-ring (bicyclic) bond motifs is 1. The van der Waals surface area contributed by atoms with Gasteiger partial charge in [0.1, 0.15) is 0 Å². The Labute approximate surface area is 145 Å². The Morgan fingerprint density at radius 3 is 2.83 bits per heavy atom. The van der Waals surface area contributed by atoms with Crippen LogP contribution < -0.4 is 4.90 Å². The van der Waals surface area contributed by atoms with Crippen molar-refractivity contribution < 1.29 is 4.42 Å². The fraction of sp³-hybridized carbons (Fsp3) is 0.389. The smallest absolute Gasteiger partial charge is 0.235 e. The number of rotatable bonds is 4. The second kappa shape index (κ2) is 6.36. The summed E-state index contributed by atoms with van der Waals surface area (Å²) in [6, 6.07) is 10.8. The topological polar surface area (TPSA) is 55.1 Å². The Kier molecular flexibility index (Phi) is 4.06. The molecular formula is C18H20N4OS. The highest BCUT2D eigenvalue weighted by molar-refractivity contribution is 7.15. The van der Waals surface area contributed by atoms with Crippen LogP contribution in [0.25, 0.3) is 0 Å². The molecule has 1 atom stereocenters. The van der Waals surface area contributed by atoms with E-state index in [9.17, 15) is 0 Å². The van der Waals surface area contributed by atoms with Crippen LogP contribution >= 0.6 is 11.3 Å². The fourth-order valence-corrected chi connectivity index (χ4v) is 4.35. The van der Waals surface area contributed by atoms with Gasteiger partial charge in [-0.25, -0.2) is 4.98 Å². The van der Waals surface area contributed by atoms with Crippen LogP contribution in [0.1, 0.15) is 40.3 Å². The molecule has 0 amide bonds. The molecule has 0 radical (unpaired) electrons. The monoisotopic (exact) mass is 340 g/mol. The summed E-state index contributed by atoms with van der Waals surface area (Å²) in [5, 5.41) is 8.98. The van der Waals surface area contributed by atoms with Gasteiger partial charge in [0.2, 0.25) is 11.8 Å². The van der Waals surface area contributed by atoms with E-state index in [0.717, 1.165) is 18.0 Å². The molecule has 0 bridgehead atoms. The van der Waals surface area contributed by atoms with Crippen molar-refractivity contribution >= 4 is 16.5 Å². The molecule has 0 saturated heterocycles. The van der Waals surface area contributed by atoms with Gasteiger partial charge in [0, 0.05) is 18.8 Å². The van der Waals surface area contributed by atoms with E-state index in [2.05, 4.69) is 45.4 Å². The van der Waals surface area contributed by atoms with Crippen molar-refractivity contribution in [2.45, 2.75) is 38.6 Å². The first-order valence-electron chi connectivity index (χ1n) is 8.22. The lowest BCUT2D eigenvalue weighted by atomic mass is 9.85. The van der Waals surface area contributed by atoms with Crippen LogP contribution in [-0.4, -0.2) is 22.2 Å². The summed E-state index contributed by atoms with van der Waals surface area (Å²) in [4.78, 5) is 8.34. The molecule has 6 heteroatoms. The molecule has 0 aliphatic heterocycles. The molecule has 24 heavy (non-hydrogen) atoms. The van der Waals surface area contributed by atoms with Gasteiger partial charge in [0.15, 0.2) is 5.13 Å². The molecule has 0 fully saturated rings. The van der Waals surface area contributed by atoms with Crippen LogP contribution in [0.4, 0.5) is 5.13 Å². The molecule has 2 aromatic heterocycles. The first kappa shape index (κ1) is 15.3. The number of hydrogen-bond donors (Lipinski definition) is 0. The summed E-state index contributed by atoms with van der Waals surface area (Å²) in [6.07, 6.45) is 3.32. The zero-order chi connectivity index (χ0) is 16.5. The molecule has 0 N–H and O–H groups in total. The van der Waals surface area contributed by atoms with E-state index < -0.39 is 0 Å². The molecule has 2 heterocycles. The Morgan fingerprint density at radius 2 is 2.08 bits per heavy atom. The van der Waals surface area contributed by atoms with Gasteiger partial charge in [-0.2, -0.15) is 0 Å². The average molecular weight is 340 g/mol. The first-order chi connectivity index (χ1) is 11.7. The number of hydrogen-bond acceptors (Lipinski definition) is 6. The predicted molar refractivity (Wildman–Crippen MR) is 94.5 cm³/mol. The molecule has 1 aliphatic rings. The van der Waals surface area contributed by atoms with Crippen LogP contribution in [0.15, 0.2) is 34.7 Å². The van der Waals surface area contributed by atoms with E-state index in [4.69, 9.17) is 9.40 Å². The number of benzene rings is 1. The van der Waals surface area contributed by atoms with E-state index in [1.807, 2.05) is 14.0 Å². The van der Waals surface area contributed by atoms with E-state index in [-0.39, 0.29) is 0 Å². The number of anilines is 1. The standard InChI is InChI=1S/C18H20N4OS/c1-12-20-21-17(23-12)11-22(2)18-19-15-9-8-14(10-16(15)24-18)13-6-4-3-5-7-13/h3-7,14H,8-11H2,1-2H3. The molecule has 1 aromatic carbocycles. The van der Waals surface area contributed by atoms with Crippen LogP contribution in [0, 0.1) is 6.92 Å². The van der Waals surface area contributed by atoms with Crippen LogP contribution in [0.5, 0.6) is 0 Å². The summed E-state index contributed by atoms with van der Waals surface area (Å²) in [5.74, 6) is 1.84. The predicted octanol–water partition coefficient (Wildman–Crippen LogP) is 3.74. The normalized spacial score (nSPS) is 16.8. The van der Waals surface area contributed by atoms with Gasteiger partial charge in [-0.3, -0.25) is 0 Å². The van der Waals surface area contributed by atoms with Crippen molar-refractivity contribution in [1.82, 2.24) is 15.2 Å². The minimum Gasteiger partial charge on any atom is -0.424 e. The van der Waals surface area contributed by atoms with Gasteiger partial charge < -0.3 is 9.32 Å². The number of thiazole rings is 1. The molecule has 3 aromatic rings. The van der Waals surface area contributed by atoms with Gasteiger partial charge in [0.05, 0.1) is 12.2 Å². The quantitative estimate of drug-likeness (QED) is 0.724. The Hall–Kier alpha value is -2.21. The van der Waals surface area contributed by atoms with E-state index in [0.29, 0.717) is 24.2 Å². The van der Waals surface area contributed by atoms with Gasteiger partial charge >= 0.3 is 0 Å². The summed E-state index contributed by atoms with van der Waals surface area (Å²) in [7, 11) is 2.03. The minimum atomic E-state index is 0.593. The second-order valence-corrected chi connectivity index (χ2v) is 7.35. The zero-order valence-electron chi connectivity index (χ0n) is 13.9. The first-order valence-corrected chi connectivity index (χ1v) is 9.04. The lowest BCUT2D eigenvalue weighted by Crippen LogP contribution is -2.16.